The first-order valence-corrected chi connectivity index (χ1v) is 22.0. The van der Waals surface area contributed by atoms with E-state index in [0.29, 0.717) is 25.8 Å². The summed E-state index contributed by atoms with van der Waals surface area (Å²) in [7, 11) is 0. The van der Waals surface area contributed by atoms with Crippen LogP contribution in [0.25, 0.3) is 11.1 Å². The Hall–Kier alpha value is -3.60. The van der Waals surface area contributed by atoms with Crippen LogP contribution in [0.3, 0.4) is 0 Å². The molecule has 2 amide bonds. The molecule has 4 rings (SSSR count). The molecule has 3 atom stereocenters. The number of hydrogen-bond acceptors (Lipinski definition) is 7. The van der Waals surface area contributed by atoms with Crippen LogP contribution in [0.4, 0.5) is 0 Å². The van der Waals surface area contributed by atoms with Gasteiger partial charge in [0.25, 0.3) is 0 Å². The lowest BCUT2D eigenvalue weighted by Crippen LogP contribution is -2.40. The van der Waals surface area contributed by atoms with Crippen molar-refractivity contribution in [3.05, 3.63) is 95.1 Å². The van der Waals surface area contributed by atoms with E-state index < -0.39 is 12.2 Å². The average Bonchev–Trinajstić information content (AvgIpc) is 3.25. The lowest BCUT2D eigenvalue weighted by atomic mass is 9.98. The molecule has 1 fully saturated rings. The van der Waals surface area contributed by atoms with E-state index >= 15 is 0 Å². The quantitative estimate of drug-likeness (QED) is 0.0329. The number of benzene rings is 3. The van der Waals surface area contributed by atoms with Gasteiger partial charge in [-0.05, 0) is 78.7 Å². The number of hydrogen-bond donors (Lipinski definition) is 4. The Morgan fingerprint density at radius 1 is 0.667 bits per heavy atom. The Labute approximate surface area is 342 Å². The number of ether oxygens (including phenoxy) is 2. The van der Waals surface area contributed by atoms with Gasteiger partial charge in [0.1, 0.15) is 0 Å². The summed E-state index contributed by atoms with van der Waals surface area (Å²) in [6.07, 6.45) is 18.3. The molecule has 4 N–H and O–H groups in total. The van der Waals surface area contributed by atoms with E-state index in [1.54, 1.807) is 5.48 Å². The highest BCUT2D eigenvalue weighted by atomic mass is 16.7. The maximum Gasteiger partial charge on any atom is 0.243 e. The first-order chi connectivity index (χ1) is 27.9. The molecular formula is C48H71N3O6. The van der Waals surface area contributed by atoms with Crippen LogP contribution in [-0.2, 0) is 32.2 Å². The number of amides is 2. The summed E-state index contributed by atoms with van der Waals surface area (Å²) >= 11 is 0. The molecule has 0 unspecified atom stereocenters. The topological polar surface area (TPSA) is 120 Å². The second-order valence-corrected chi connectivity index (χ2v) is 15.9. The highest BCUT2D eigenvalue weighted by molar-refractivity contribution is 5.76. The van der Waals surface area contributed by atoms with Crippen molar-refractivity contribution < 1.29 is 29.4 Å². The van der Waals surface area contributed by atoms with E-state index in [0.717, 1.165) is 65.9 Å². The molecule has 0 aromatic heterocycles. The Morgan fingerprint density at radius 2 is 1.26 bits per heavy atom. The maximum absolute atomic E-state index is 12.5. The van der Waals surface area contributed by atoms with Crippen molar-refractivity contribution in [3.63, 3.8) is 0 Å². The van der Waals surface area contributed by atoms with Gasteiger partial charge in [-0.2, -0.15) is 0 Å². The zero-order valence-corrected chi connectivity index (χ0v) is 34.9. The number of rotatable bonds is 28. The fourth-order valence-corrected chi connectivity index (χ4v) is 7.67. The zero-order chi connectivity index (χ0) is 40.5. The molecule has 0 bridgehead atoms. The number of aliphatic hydroxyl groups is 1. The van der Waals surface area contributed by atoms with Crippen molar-refractivity contribution in [2.24, 2.45) is 0 Å². The lowest BCUT2D eigenvalue weighted by molar-refractivity contribution is -0.253. The fraction of sp³-hybridized carbons (Fsp3) is 0.583. The molecule has 9 nitrogen and oxygen atoms in total. The van der Waals surface area contributed by atoms with Crippen LogP contribution in [0.2, 0.25) is 0 Å². The van der Waals surface area contributed by atoms with Gasteiger partial charge >= 0.3 is 0 Å². The zero-order valence-electron chi connectivity index (χ0n) is 34.9. The van der Waals surface area contributed by atoms with Crippen LogP contribution in [0, 0.1) is 0 Å². The van der Waals surface area contributed by atoms with Gasteiger partial charge in [0.05, 0.1) is 18.8 Å². The summed E-state index contributed by atoms with van der Waals surface area (Å²) in [5.74, 6) is -0.421. The number of nitrogens with one attached hydrogen (secondary N) is 2. The van der Waals surface area contributed by atoms with Crippen LogP contribution < -0.4 is 10.8 Å². The van der Waals surface area contributed by atoms with E-state index in [4.69, 9.17) is 14.7 Å². The molecule has 1 aliphatic rings. The first kappa shape index (κ1) is 46.1. The van der Waals surface area contributed by atoms with Crippen molar-refractivity contribution >= 4 is 11.8 Å². The van der Waals surface area contributed by atoms with E-state index in [1.165, 1.54) is 77.0 Å². The van der Waals surface area contributed by atoms with Crippen LogP contribution >= 0.6 is 0 Å². The first-order valence-electron chi connectivity index (χ1n) is 22.0. The van der Waals surface area contributed by atoms with Crippen LogP contribution in [0.15, 0.2) is 72.8 Å². The van der Waals surface area contributed by atoms with Crippen LogP contribution in [-0.4, -0.2) is 52.8 Å². The number of unbranched alkanes of at least 4 members (excludes halogenated alkanes) is 12. The summed E-state index contributed by atoms with van der Waals surface area (Å²) in [5, 5.41) is 21.4. The summed E-state index contributed by atoms with van der Waals surface area (Å²) < 4.78 is 13.7. The van der Waals surface area contributed by atoms with E-state index in [-0.39, 0.29) is 31.1 Å². The third-order valence-electron chi connectivity index (χ3n) is 11.1. The SMILES string of the molecule is CCCCCCCCN(CCCCCCCC)C[C@@H]1C[C@H](c2ccc(CO)cc2)O[C@H](c2cccc(-c3cccc(CNC(=O)CCCCCC(=O)NO)c3)c2)O1. The Balaban J connectivity index is 1.44. The van der Waals surface area contributed by atoms with E-state index in [1.807, 2.05) is 24.3 Å². The predicted molar refractivity (Wildman–Crippen MR) is 228 cm³/mol. The van der Waals surface area contributed by atoms with Gasteiger partial charge in [-0.15, -0.1) is 0 Å². The molecular weight excluding hydrogens is 715 g/mol. The minimum atomic E-state index is -0.531. The summed E-state index contributed by atoms with van der Waals surface area (Å²) in [6.45, 7) is 8.07. The predicted octanol–water partition coefficient (Wildman–Crippen LogP) is 10.5. The molecule has 0 radical (unpaired) electrons. The van der Waals surface area contributed by atoms with Gasteiger partial charge in [-0.1, -0.05) is 145 Å². The molecule has 0 aliphatic carbocycles. The number of nitrogens with zero attached hydrogens (tertiary/aromatic N) is 1. The van der Waals surface area contributed by atoms with Crippen molar-refractivity contribution in [2.45, 2.75) is 161 Å². The van der Waals surface area contributed by atoms with Crippen LogP contribution in [0.1, 0.15) is 164 Å². The molecule has 9 heteroatoms. The lowest BCUT2D eigenvalue weighted by Gasteiger charge is -2.38. The summed E-state index contributed by atoms with van der Waals surface area (Å²) in [4.78, 5) is 26.4. The van der Waals surface area contributed by atoms with Gasteiger partial charge in [0.2, 0.25) is 11.8 Å². The van der Waals surface area contributed by atoms with Gasteiger partial charge in [0, 0.05) is 37.9 Å². The normalized spacial score (nSPS) is 16.8. The van der Waals surface area contributed by atoms with E-state index in [9.17, 15) is 14.7 Å². The highest BCUT2D eigenvalue weighted by Crippen LogP contribution is 2.39. The molecule has 1 aliphatic heterocycles. The molecule has 1 heterocycles. The molecule has 314 valence electrons. The minimum absolute atomic E-state index is 0.00193. The molecule has 0 saturated carbocycles. The Kier molecular flexibility index (Phi) is 22.0. The number of carbonyl (C=O) groups is 2. The second kappa shape index (κ2) is 27.2. The molecule has 1 saturated heterocycles. The fourth-order valence-electron chi connectivity index (χ4n) is 7.67. The van der Waals surface area contributed by atoms with Gasteiger partial charge in [0.15, 0.2) is 6.29 Å². The molecule has 3 aromatic rings. The second-order valence-electron chi connectivity index (χ2n) is 15.9. The van der Waals surface area contributed by atoms with Crippen molar-refractivity contribution in [1.29, 1.82) is 0 Å². The Morgan fingerprint density at radius 3 is 1.91 bits per heavy atom. The number of carbonyl (C=O) groups excluding carboxylic acids is 2. The summed E-state index contributed by atoms with van der Waals surface area (Å²) in [5.41, 5.74) is 7.73. The third-order valence-corrected chi connectivity index (χ3v) is 11.1. The standard InChI is InChI=1S/C48H71N3O6/c1-3-5-7-9-11-16-30-51(31-17-12-10-8-6-4-2)36-44-34-45(40-28-26-38(37-52)27-29-40)57-48(56-44)43-23-19-22-42(33-43)41-21-18-20-39(32-41)35-49-46(53)24-14-13-15-25-47(54)50-55/h18-23,26-29,32-33,44-45,48,52,55H,3-17,24-25,30-31,34-37H2,1-2H3,(H,49,53)(H,50,54)/t44-,45+,48+/m0/s1. The smallest absolute Gasteiger partial charge is 0.243 e. The Bertz CT molecular complexity index is 1550. The van der Waals surface area contributed by atoms with E-state index in [2.05, 4.69) is 72.6 Å². The molecule has 0 spiro atoms. The van der Waals surface area contributed by atoms with Gasteiger partial charge < -0.3 is 24.8 Å². The van der Waals surface area contributed by atoms with Crippen molar-refractivity contribution in [1.82, 2.24) is 15.7 Å². The average molecular weight is 786 g/mol. The highest BCUT2D eigenvalue weighted by Gasteiger charge is 2.33. The third kappa shape index (κ3) is 17.4. The van der Waals surface area contributed by atoms with Gasteiger partial charge in [-0.25, -0.2) is 5.48 Å². The number of hydroxylamine groups is 1. The van der Waals surface area contributed by atoms with Crippen molar-refractivity contribution in [2.75, 3.05) is 19.6 Å². The van der Waals surface area contributed by atoms with Gasteiger partial charge in [-0.3, -0.25) is 14.8 Å². The minimum Gasteiger partial charge on any atom is -0.392 e. The maximum atomic E-state index is 12.5. The molecule has 57 heavy (non-hydrogen) atoms. The largest absolute Gasteiger partial charge is 0.392 e. The number of aliphatic hydroxyl groups excluding tert-OH is 1. The molecule has 3 aromatic carbocycles. The van der Waals surface area contributed by atoms with Crippen LogP contribution in [0.5, 0.6) is 0 Å². The summed E-state index contributed by atoms with van der Waals surface area (Å²) in [6, 6.07) is 24.8. The monoisotopic (exact) mass is 786 g/mol. The van der Waals surface area contributed by atoms with Crippen molar-refractivity contribution in [3.8, 4) is 11.1 Å².